The Morgan fingerprint density at radius 2 is 1.84 bits per heavy atom. The van der Waals surface area contributed by atoms with Crippen LogP contribution in [0.25, 0.3) is 0 Å². The minimum atomic E-state index is 0.461. The molecule has 0 bridgehead atoms. The predicted molar refractivity (Wildman–Crippen MR) is 81.8 cm³/mol. The molecule has 106 valence electrons. The van der Waals surface area contributed by atoms with E-state index in [1.165, 1.54) is 25.7 Å². The summed E-state index contributed by atoms with van der Waals surface area (Å²) in [6.45, 7) is 7.83. The zero-order valence-electron chi connectivity index (χ0n) is 11.8. The van der Waals surface area contributed by atoms with Crippen LogP contribution in [0.3, 0.4) is 0 Å². The number of pyridine rings is 1. The highest BCUT2D eigenvalue weighted by Gasteiger charge is 2.31. The predicted octanol–water partition coefficient (Wildman–Crippen LogP) is 4.79. The first-order valence-corrected chi connectivity index (χ1v) is 7.86. The highest BCUT2D eigenvalue weighted by atomic mass is 35.5. The molecule has 0 aliphatic carbocycles. The third-order valence-electron chi connectivity index (χ3n) is 4.71. The van der Waals surface area contributed by atoms with E-state index in [2.05, 4.69) is 23.7 Å². The van der Waals surface area contributed by atoms with Gasteiger partial charge in [0.25, 0.3) is 0 Å². The highest BCUT2D eigenvalue weighted by molar-refractivity contribution is 6.34. The van der Waals surface area contributed by atoms with Crippen molar-refractivity contribution in [2.24, 2.45) is 5.41 Å². The summed E-state index contributed by atoms with van der Waals surface area (Å²) in [5, 5.41) is 1.19. The van der Waals surface area contributed by atoms with Gasteiger partial charge in [0, 0.05) is 23.3 Å². The van der Waals surface area contributed by atoms with E-state index in [1.807, 2.05) is 0 Å². The average molecular weight is 301 g/mol. The molecule has 1 aromatic heterocycles. The lowest BCUT2D eigenvalue weighted by molar-refractivity contribution is 0.0908. The van der Waals surface area contributed by atoms with Crippen LogP contribution in [0.2, 0.25) is 10.2 Å². The molecule has 1 aromatic rings. The molecular weight excluding hydrogens is 279 g/mol. The maximum absolute atomic E-state index is 6.21. The molecule has 19 heavy (non-hydrogen) atoms. The standard InChI is InChI=1S/C15H22Cl2N2/c1-3-15(4-2)5-7-19(8-6-15)11-12-10-18-14(17)9-13(12)16/h9-10H,3-8,11H2,1-2H3. The second kappa shape index (κ2) is 6.43. The van der Waals surface area contributed by atoms with E-state index in [-0.39, 0.29) is 0 Å². The molecule has 0 saturated carbocycles. The number of hydrogen-bond donors (Lipinski definition) is 0. The highest BCUT2D eigenvalue weighted by Crippen LogP contribution is 2.38. The van der Waals surface area contributed by atoms with Gasteiger partial charge in [-0.25, -0.2) is 4.98 Å². The largest absolute Gasteiger partial charge is 0.299 e. The molecule has 0 spiro atoms. The summed E-state index contributed by atoms with van der Waals surface area (Å²) in [6.07, 6.45) is 6.96. The van der Waals surface area contributed by atoms with Crippen LogP contribution in [-0.2, 0) is 6.54 Å². The van der Waals surface area contributed by atoms with Gasteiger partial charge >= 0.3 is 0 Å². The van der Waals surface area contributed by atoms with Gasteiger partial charge in [-0.2, -0.15) is 0 Å². The molecule has 1 saturated heterocycles. The summed E-state index contributed by atoms with van der Waals surface area (Å²) in [5.41, 5.74) is 1.64. The number of piperidine rings is 1. The fourth-order valence-electron chi connectivity index (χ4n) is 2.94. The molecular formula is C15H22Cl2N2. The minimum absolute atomic E-state index is 0.461. The van der Waals surface area contributed by atoms with Crippen molar-refractivity contribution in [2.45, 2.75) is 46.1 Å². The zero-order valence-corrected chi connectivity index (χ0v) is 13.3. The van der Waals surface area contributed by atoms with Gasteiger partial charge in [-0.05, 0) is 37.4 Å². The normalized spacial score (nSPS) is 19.6. The molecule has 2 heterocycles. The lowest BCUT2D eigenvalue weighted by Gasteiger charge is -2.41. The summed E-state index contributed by atoms with van der Waals surface area (Å²) in [7, 11) is 0. The minimum Gasteiger partial charge on any atom is -0.299 e. The SMILES string of the molecule is CCC1(CC)CCN(Cc2cnc(Cl)cc2Cl)CC1. The molecule has 2 nitrogen and oxygen atoms in total. The van der Waals surface area contributed by atoms with Crippen LogP contribution in [0.1, 0.15) is 45.1 Å². The summed E-state index contributed by atoms with van der Waals surface area (Å²) < 4.78 is 0. The summed E-state index contributed by atoms with van der Waals surface area (Å²) >= 11 is 12.0. The number of halogens is 2. The Balaban J connectivity index is 1.95. The molecule has 1 fully saturated rings. The lowest BCUT2D eigenvalue weighted by Crippen LogP contribution is -2.39. The second-order valence-corrected chi connectivity index (χ2v) is 6.38. The van der Waals surface area contributed by atoms with Gasteiger partial charge in [-0.3, -0.25) is 4.90 Å². The van der Waals surface area contributed by atoms with E-state index < -0.39 is 0 Å². The van der Waals surface area contributed by atoms with Crippen molar-refractivity contribution >= 4 is 23.2 Å². The van der Waals surface area contributed by atoms with E-state index in [1.54, 1.807) is 12.3 Å². The van der Waals surface area contributed by atoms with E-state index in [0.29, 0.717) is 10.6 Å². The van der Waals surface area contributed by atoms with E-state index >= 15 is 0 Å². The Hall–Kier alpha value is -0.310. The van der Waals surface area contributed by atoms with Crippen molar-refractivity contribution in [3.8, 4) is 0 Å². The molecule has 4 heteroatoms. The second-order valence-electron chi connectivity index (χ2n) is 5.58. The van der Waals surface area contributed by atoms with Crippen LogP contribution < -0.4 is 0 Å². The van der Waals surface area contributed by atoms with Crippen molar-refractivity contribution in [1.82, 2.24) is 9.88 Å². The van der Waals surface area contributed by atoms with Gasteiger partial charge in [0.05, 0.1) is 0 Å². The third-order valence-corrected chi connectivity index (χ3v) is 5.27. The Labute approximate surface area is 126 Å². The van der Waals surface area contributed by atoms with Crippen molar-refractivity contribution < 1.29 is 0 Å². The summed E-state index contributed by atoms with van der Waals surface area (Å²) in [4.78, 5) is 6.59. The quantitative estimate of drug-likeness (QED) is 0.743. The summed E-state index contributed by atoms with van der Waals surface area (Å²) in [6, 6.07) is 1.73. The van der Waals surface area contributed by atoms with Gasteiger partial charge in [0.15, 0.2) is 0 Å². The molecule has 0 atom stereocenters. The summed E-state index contributed by atoms with van der Waals surface area (Å²) in [5.74, 6) is 0. The van der Waals surface area contributed by atoms with Crippen LogP contribution in [-0.4, -0.2) is 23.0 Å². The Kier molecular flexibility index (Phi) is 5.10. The number of hydrogen-bond acceptors (Lipinski definition) is 2. The molecule has 2 rings (SSSR count). The number of aromatic nitrogens is 1. The van der Waals surface area contributed by atoms with Gasteiger partial charge < -0.3 is 0 Å². The fraction of sp³-hybridized carbons (Fsp3) is 0.667. The van der Waals surface area contributed by atoms with Gasteiger partial charge in [-0.15, -0.1) is 0 Å². The molecule has 0 radical (unpaired) electrons. The van der Waals surface area contributed by atoms with Gasteiger partial charge in [0.2, 0.25) is 0 Å². The van der Waals surface area contributed by atoms with Crippen molar-refractivity contribution in [3.05, 3.63) is 28.0 Å². The average Bonchev–Trinajstić information content (AvgIpc) is 2.43. The number of rotatable bonds is 4. The first-order chi connectivity index (χ1) is 9.08. The Bertz CT molecular complexity index is 420. The fourth-order valence-corrected chi connectivity index (χ4v) is 3.36. The monoisotopic (exact) mass is 300 g/mol. The van der Waals surface area contributed by atoms with Crippen LogP contribution in [0.5, 0.6) is 0 Å². The zero-order chi connectivity index (χ0) is 13.9. The molecule has 1 aliphatic rings. The van der Waals surface area contributed by atoms with Crippen molar-refractivity contribution in [2.75, 3.05) is 13.1 Å². The molecule has 0 aromatic carbocycles. The topological polar surface area (TPSA) is 16.1 Å². The maximum Gasteiger partial charge on any atom is 0.130 e. The van der Waals surface area contributed by atoms with Crippen molar-refractivity contribution in [3.63, 3.8) is 0 Å². The smallest absolute Gasteiger partial charge is 0.130 e. The van der Waals surface area contributed by atoms with E-state index in [4.69, 9.17) is 23.2 Å². The van der Waals surface area contributed by atoms with Crippen LogP contribution in [0, 0.1) is 5.41 Å². The first-order valence-electron chi connectivity index (χ1n) is 7.11. The van der Waals surface area contributed by atoms with Crippen LogP contribution in [0.15, 0.2) is 12.3 Å². The van der Waals surface area contributed by atoms with Gasteiger partial charge in [0.1, 0.15) is 5.15 Å². The lowest BCUT2D eigenvalue weighted by atomic mass is 9.74. The van der Waals surface area contributed by atoms with Crippen LogP contribution >= 0.6 is 23.2 Å². The van der Waals surface area contributed by atoms with Gasteiger partial charge in [-0.1, -0.05) is 49.9 Å². The Morgan fingerprint density at radius 3 is 2.37 bits per heavy atom. The van der Waals surface area contributed by atoms with E-state index in [9.17, 15) is 0 Å². The van der Waals surface area contributed by atoms with E-state index in [0.717, 1.165) is 30.2 Å². The maximum atomic E-state index is 6.21. The third kappa shape index (κ3) is 3.62. The molecule has 0 unspecified atom stereocenters. The first kappa shape index (κ1) is 15.1. The number of likely N-dealkylation sites (tertiary alicyclic amines) is 1. The molecule has 0 amide bonds. The number of nitrogens with zero attached hydrogens (tertiary/aromatic N) is 2. The van der Waals surface area contributed by atoms with Crippen molar-refractivity contribution in [1.29, 1.82) is 0 Å². The molecule has 1 aliphatic heterocycles. The molecule has 0 N–H and O–H groups in total. The Morgan fingerprint density at radius 1 is 1.21 bits per heavy atom. The van der Waals surface area contributed by atoms with Crippen LogP contribution in [0.4, 0.5) is 0 Å².